The third-order valence-electron chi connectivity index (χ3n) is 5.22. The van der Waals surface area contributed by atoms with Crippen LogP contribution in [0.25, 0.3) is 11.4 Å². The zero-order valence-electron chi connectivity index (χ0n) is 15.7. The number of nitrogens with zero attached hydrogens (tertiary/aromatic N) is 4. The smallest absolute Gasteiger partial charge is 0.410 e. The number of benzene rings is 1. The average Bonchev–Trinajstić information content (AvgIpc) is 2.95. The van der Waals surface area contributed by atoms with Crippen LogP contribution in [-0.2, 0) is 11.3 Å². The maximum Gasteiger partial charge on any atom is 0.410 e. The molecule has 1 spiro atoms. The molecule has 0 N–H and O–H groups in total. The fourth-order valence-corrected chi connectivity index (χ4v) is 3.91. The zero-order valence-corrected chi connectivity index (χ0v) is 15.7. The van der Waals surface area contributed by atoms with Crippen LogP contribution in [0.1, 0.15) is 18.4 Å². The van der Waals surface area contributed by atoms with Gasteiger partial charge in [-0.25, -0.2) is 14.8 Å². The van der Waals surface area contributed by atoms with E-state index in [-0.39, 0.29) is 11.7 Å². The molecule has 2 aliphatic rings. The van der Waals surface area contributed by atoms with Gasteiger partial charge in [0.25, 0.3) is 0 Å². The van der Waals surface area contributed by atoms with Crippen molar-refractivity contribution in [3.63, 3.8) is 0 Å². The molecular formula is C20H24N4O3. The predicted octanol–water partition coefficient (Wildman–Crippen LogP) is 2.57. The van der Waals surface area contributed by atoms with Crippen LogP contribution in [0.4, 0.5) is 4.79 Å². The molecule has 7 heteroatoms. The number of hydrogen-bond acceptors (Lipinski definition) is 6. The van der Waals surface area contributed by atoms with E-state index in [1.807, 2.05) is 36.7 Å². The summed E-state index contributed by atoms with van der Waals surface area (Å²) in [6, 6.07) is 7.71. The van der Waals surface area contributed by atoms with E-state index in [1.54, 1.807) is 19.1 Å². The number of carbonyl (C=O) groups excluding carboxylic acids is 1. The highest BCUT2D eigenvalue weighted by Crippen LogP contribution is 2.32. The second-order valence-corrected chi connectivity index (χ2v) is 7.36. The molecular weight excluding hydrogens is 344 g/mol. The number of likely N-dealkylation sites (tertiary alicyclic amines) is 1. The third kappa shape index (κ3) is 3.73. The molecule has 1 aromatic heterocycles. The lowest BCUT2D eigenvalue weighted by atomic mass is 9.92. The van der Waals surface area contributed by atoms with Crippen molar-refractivity contribution in [1.82, 2.24) is 19.8 Å². The second kappa shape index (κ2) is 7.15. The van der Waals surface area contributed by atoms with Crippen LogP contribution in [0.15, 0.2) is 36.7 Å². The molecule has 0 bridgehead atoms. The highest BCUT2D eigenvalue weighted by Gasteiger charge is 2.46. The van der Waals surface area contributed by atoms with E-state index in [1.165, 1.54) is 0 Å². The first kappa shape index (κ1) is 17.7. The number of carbonyl (C=O) groups is 1. The molecule has 7 nitrogen and oxygen atoms in total. The predicted molar refractivity (Wildman–Crippen MR) is 100 cm³/mol. The van der Waals surface area contributed by atoms with Gasteiger partial charge in [0.2, 0.25) is 0 Å². The van der Waals surface area contributed by atoms with Gasteiger partial charge in [0.05, 0.1) is 13.7 Å². The molecule has 2 aromatic rings. The molecule has 0 radical (unpaired) electrons. The Morgan fingerprint density at radius 3 is 2.56 bits per heavy atom. The van der Waals surface area contributed by atoms with Crippen molar-refractivity contribution in [3.05, 3.63) is 42.2 Å². The van der Waals surface area contributed by atoms with Gasteiger partial charge in [-0.2, -0.15) is 0 Å². The van der Waals surface area contributed by atoms with E-state index in [0.29, 0.717) is 12.4 Å². The maximum atomic E-state index is 11.8. The standard InChI is InChI=1S/C20H24N4O3/c1-23-13-20(27-19(23)25)8-3-9-24(14-20)12-15-10-21-18(22-11-15)16-4-6-17(26-2)7-5-16/h4-7,10-11H,3,8-9,12-14H2,1-2H3/t20-/m0/s1. The van der Waals surface area contributed by atoms with Crippen LogP contribution in [0.5, 0.6) is 5.75 Å². The van der Waals surface area contributed by atoms with Gasteiger partial charge in [0.15, 0.2) is 5.82 Å². The van der Waals surface area contributed by atoms with Crippen molar-refractivity contribution < 1.29 is 14.3 Å². The minimum Gasteiger partial charge on any atom is -0.497 e. The second-order valence-electron chi connectivity index (χ2n) is 7.36. The summed E-state index contributed by atoms with van der Waals surface area (Å²) in [5, 5.41) is 0. The van der Waals surface area contributed by atoms with Gasteiger partial charge in [0.1, 0.15) is 11.4 Å². The van der Waals surface area contributed by atoms with Gasteiger partial charge in [-0.3, -0.25) is 4.90 Å². The Morgan fingerprint density at radius 1 is 1.19 bits per heavy atom. The Hall–Kier alpha value is -2.67. The fourth-order valence-electron chi connectivity index (χ4n) is 3.91. The Labute approximate surface area is 158 Å². The Morgan fingerprint density at radius 2 is 1.93 bits per heavy atom. The summed E-state index contributed by atoms with van der Waals surface area (Å²) in [4.78, 5) is 24.8. The van der Waals surface area contributed by atoms with Crippen molar-refractivity contribution in [3.8, 4) is 17.1 Å². The van der Waals surface area contributed by atoms with Gasteiger partial charge < -0.3 is 14.4 Å². The van der Waals surface area contributed by atoms with Crippen LogP contribution in [-0.4, -0.2) is 65.3 Å². The van der Waals surface area contributed by atoms with Crippen molar-refractivity contribution in [1.29, 1.82) is 0 Å². The van der Waals surface area contributed by atoms with E-state index in [0.717, 1.165) is 49.4 Å². The average molecular weight is 368 g/mol. The summed E-state index contributed by atoms with van der Waals surface area (Å²) >= 11 is 0. The number of aromatic nitrogens is 2. The summed E-state index contributed by atoms with van der Waals surface area (Å²) in [6.07, 6.45) is 5.48. The normalized spacial score (nSPS) is 22.9. The highest BCUT2D eigenvalue weighted by molar-refractivity contribution is 5.70. The quantitative estimate of drug-likeness (QED) is 0.826. The van der Waals surface area contributed by atoms with Crippen molar-refractivity contribution >= 4 is 6.09 Å². The van der Waals surface area contributed by atoms with E-state index < -0.39 is 0 Å². The lowest BCUT2D eigenvalue weighted by molar-refractivity contribution is -0.0114. The molecule has 3 heterocycles. The van der Waals surface area contributed by atoms with E-state index in [2.05, 4.69) is 14.9 Å². The monoisotopic (exact) mass is 368 g/mol. The van der Waals surface area contributed by atoms with E-state index in [4.69, 9.17) is 9.47 Å². The van der Waals surface area contributed by atoms with Crippen LogP contribution in [0.2, 0.25) is 0 Å². The topological polar surface area (TPSA) is 67.8 Å². The van der Waals surface area contributed by atoms with Gasteiger partial charge >= 0.3 is 6.09 Å². The number of methoxy groups -OCH3 is 1. The lowest BCUT2D eigenvalue weighted by Crippen LogP contribution is -2.50. The van der Waals surface area contributed by atoms with Crippen LogP contribution in [0.3, 0.4) is 0 Å². The first-order chi connectivity index (χ1) is 13.1. The van der Waals surface area contributed by atoms with Crippen LogP contribution < -0.4 is 4.74 Å². The van der Waals surface area contributed by atoms with Gasteiger partial charge in [-0.05, 0) is 43.7 Å². The molecule has 2 fully saturated rings. The lowest BCUT2D eigenvalue weighted by Gasteiger charge is -2.38. The van der Waals surface area contributed by atoms with Crippen molar-refractivity contribution in [2.75, 3.05) is 33.8 Å². The number of amides is 1. The summed E-state index contributed by atoms with van der Waals surface area (Å²) < 4.78 is 10.9. The van der Waals surface area contributed by atoms with Crippen LogP contribution in [0, 0.1) is 0 Å². The number of ether oxygens (including phenoxy) is 2. The zero-order chi connectivity index (χ0) is 18.9. The van der Waals surface area contributed by atoms with E-state index in [9.17, 15) is 4.79 Å². The molecule has 0 aliphatic carbocycles. The minimum absolute atomic E-state index is 0.218. The summed E-state index contributed by atoms with van der Waals surface area (Å²) in [7, 11) is 3.44. The number of likely N-dealkylation sites (N-methyl/N-ethyl adjacent to an activating group) is 1. The first-order valence-corrected chi connectivity index (χ1v) is 9.19. The molecule has 142 valence electrons. The van der Waals surface area contributed by atoms with Crippen molar-refractivity contribution in [2.24, 2.45) is 0 Å². The third-order valence-corrected chi connectivity index (χ3v) is 5.22. The molecule has 1 aromatic carbocycles. The number of hydrogen-bond donors (Lipinski definition) is 0. The SMILES string of the molecule is COc1ccc(-c2ncc(CN3CCC[C@@]4(C3)CN(C)C(=O)O4)cn2)cc1. The van der Waals surface area contributed by atoms with E-state index >= 15 is 0 Å². The Balaban J connectivity index is 1.41. The summed E-state index contributed by atoms with van der Waals surface area (Å²) in [5.41, 5.74) is 1.65. The Kier molecular flexibility index (Phi) is 4.70. The first-order valence-electron chi connectivity index (χ1n) is 9.19. The Bertz CT molecular complexity index is 809. The van der Waals surface area contributed by atoms with Gasteiger partial charge in [-0.1, -0.05) is 0 Å². The van der Waals surface area contributed by atoms with Gasteiger partial charge in [-0.15, -0.1) is 0 Å². The summed E-state index contributed by atoms with van der Waals surface area (Å²) in [6.45, 7) is 3.16. The number of piperidine rings is 1. The van der Waals surface area contributed by atoms with Crippen LogP contribution >= 0.6 is 0 Å². The molecule has 1 atom stereocenters. The summed E-state index contributed by atoms with van der Waals surface area (Å²) in [5.74, 6) is 1.51. The van der Waals surface area contributed by atoms with Gasteiger partial charge in [0, 0.05) is 43.7 Å². The highest BCUT2D eigenvalue weighted by atomic mass is 16.6. The molecule has 1 amide bonds. The van der Waals surface area contributed by atoms with Crippen molar-refractivity contribution in [2.45, 2.75) is 25.0 Å². The molecule has 2 aliphatic heterocycles. The minimum atomic E-state index is -0.367. The number of rotatable bonds is 4. The molecule has 4 rings (SSSR count). The maximum absolute atomic E-state index is 11.8. The largest absolute Gasteiger partial charge is 0.497 e. The molecule has 27 heavy (non-hydrogen) atoms. The molecule has 0 saturated carbocycles. The fraction of sp³-hybridized carbons (Fsp3) is 0.450. The molecule has 2 saturated heterocycles. The molecule has 0 unspecified atom stereocenters.